The van der Waals surface area contributed by atoms with Crippen molar-refractivity contribution >= 4 is 35.8 Å². The Balaban J connectivity index is 0.00000392. The number of nitrogens with zero attached hydrogens (tertiary/aromatic N) is 4. The van der Waals surface area contributed by atoms with Gasteiger partial charge in [-0.2, -0.15) is 5.26 Å². The number of likely N-dealkylation sites (tertiary alicyclic amines) is 1. The highest BCUT2D eigenvalue weighted by atomic mass is 127. The average Bonchev–Trinajstić information content (AvgIpc) is 2.68. The molecule has 0 spiro atoms. The van der Waals surface area contributed by atoms with Gasteiger partial charge >= 0.3 is 0 Å². The van der Waals surface area contributed by atoms with Crippen molar-refractivity contribution in [1.82, 2.24) is 20.4 Å². The molecule has 1 amide bonds. The summed E-state index contributed by atoms with van der Waals surface area (Å²) < 4.78 is 0. The summed E-state index contributed by atoms with van der Waals surface area (Å²) in [4.78, 5) is 20.4. The van der Waals surface area contributed by atoms with Crippen LogP contribution in [0.4, 0.5) is 0 Å². The molecule has 0 aliphatic carbocycles. The molecule has 28 heavy (non-hydrogen) atoms. The van der Waals surface area contributed by atoms with E-state index >= 15 is 0 Å². The Bertz CT molecular complexity index is 675. The minimum Gasteiger partial charge on any atom is -0.357 e. The monoisotopic (exact) mass is 498 g/mol. The number of aliphatic imine (C=N–C) groups is 1. The van der Waals surface area contributed by atoms with Gasteiger partial charge in [-0.15, -0.1) is 24.0 Å². The minimum atomic E-state index is 0. The first kappa shape index (κ1) is 24.2. The van der Waals surface area contributed by atoms with Crippen LogP contribution in [0.15, 0.2) is 29.3 Å². The van der Waals surface area contributed by atoms with Gasteiger partial charge in [-0.1, -0.05) is 12.1 Å². The van der Waals surface area contributed by atoms with Gasteiger partial charge in [-0.05, 0) is 37.5 Å². The van der Waals surface area contributed by atoms with E-state index in [0.717, 1.165) is 44.0 Å². The molecule has 2 N–H and O–H groups in total. The quantitative estimate of drug-likeness (QED) is 0.355. The van der Waals surface area contributed by atoms with E-state index in [1.165, 1.54) is 0 Å². The molecular weight excluding hydrogens is 467 g/mol. The van der Waals surface area contributed by atoms with E-state index in [2.05, 4.69) is 26.6 Å². The Hall–Kier alpha value is -1.86. The van der Waals surface area contributed by atoms with Gasteiger partial charge in [0.2, 0.25) is 5.91 Å². The third kappa shape index (κ3) is 8.02. The number of amides is 1. The van der Waals surface area contributed by atoms with Crippen LogP contribution < -0.4 is 10.6 Å². The molecule has 1 heterocycles. The molecule has 2 rings (SSSR count). The van der Waals surface area contributed by atoms with Crippen LogP contribution in [0.25, 0.3) is 0 Å². The van der Waals surface area contributed by atoms with E-state index in [0.29, 0.717) is 24.7 Å². The molecule has 154 valence electrons. The zero-order valence-corrected chi connectivity index (χ0v) is 19.3. The maximum Gasteiger partial charge on any atom is 0.236 e. The number of nitriles is 1. The zero-order chi connectivity index (χ0) is 19.6. The molecular formula is C20H31IN6O. The van der Waals surface area contributed by atoms with Crippen LogP contribution in [0, 0.1) is 11.3 Å². The normalized spacial score (nSPS) is 15.3. The van der Waals surface area contributed by atoms with Gasteiger partial charge in [0, 0.05) is 39.8 Å². The van der Waals surface area contributed by atoms with Gasteiger partial charge in [0.1, 0.15) is 0 Å². The van der Waals surface area contributed by atoms with Crippen molar-refractivity contribution in [2.75, 3.05) is 40.3 Å². The van der Waals surface area contributed by atoms with Crippen LogP contribution in [0.3, 0.4) is 0 Å². The van der Waals surface area contributed by atoms with Crippen molar-refractivity contribution < 1.29 is 4.79 Å². The molecule has 0 atom stereocenters. The lowest BCUT2D eigenvalue weighted by Crippen LogP contribution is -2.50. The van der Waals surface area contributed by atoms with E-state index < -0.39 is 0 Å². The molecule has 0 radical (unpaired) electrons. The predicted molar refractivity (Wildman–Crippen MR) is 123 cm³/mol. The van der Waals surface area contributed by atoms with Crippen LogP contribution in [-0.4, -0.2) is 68.0 Å². The second-order valence-corrected chi connectivity index (χ2v) is 6.99. The number of benzene rings is 1. The fourth-order valence-corrected chi connectivity index (χ4v) is 2.94. The second kappa shape index (κ2) is 12.6. The molecule has 7 nitrogen and oxygen atoms in total. The largest absolute Gasteiger partial charge is 0.357 e. The lowest BCUT2D eigenvalue weighted by atomic mass is 10.1. The maximum atomic E-state index is 11.8. The minimum absolute atomic E-state index is 0. The van der Waals surface area contributed by atoms with Crippen molar-refractivity contribution in [3.8, 4) is 6.07 Å². The molecule has 1 fully saturated rings. The van der Waals surface area contributed by atoms with Crippen molar-refractivity contribution in [3.63, 3.8) is 0 Å². The Kier molecular flexibility index (Phi) is 10.9. The summed E-state index contributed by atoms with van der Waals surface area (Å²) in [6.45, 7) is 5.73. The molecule has 1 aliphatic heterocycles. The molecule has 0 saturated carbocycles. The van der Waals surface area contributed by atoms with E-state index in [-0.39, 0.29) is 29.9 Å². The van der Waals surface area contributed by atoms with E-state index in [1.807, 2.05) is 31.2 Å². The standard InChI is InChI=1S/C20H30N6O.HI/c1-4-22-20(23-14-17-7-5-16(13-21)6-8-17)24-18-9-11-26(12-10-18)15-19(27)25(2)3;/h5-8,18H,4,9-12,14-15H2,1-3H3,(H2,22,23,24);1H. The maximum absolute atomic E-state index is 11.8. The van der Waals surface area contributed by atoms with Crippen LogP contribution in [-0.2, 0) is 11.3 Å². The summed E-state index contributed by atoms with van der Waals surface area (Å²) in [5, 5.41) is 15.7. The van der Waals surface area contributed by atoms with Crippen LogP contribution in [0.5, 0.6) is 0 Å². The number of guanidine groups is 1. The van der Waals surface area contributed by atoms with Crippen molar-refractivity contribution in [3.05, 3.63) is 35.4 Å². The second-order valence-electron chi connectivity index (χ2n) is 6.99. The number of hydrogen-bond donors (Lipinski definition) is 2. The van der Waals surface area contributed by atoms with Gasteiger partial charge < -0.3 is 15.5 Å². The Morgan fingerprint density at radius 2 is 1.93 bits per heavy atom. The Morgan fingerprint density at radius 1 is 1.29 bits per heavy atom. The SMILES string of the molecule is CCNC(=NCc1ccc(C#N)cc1)NC1CCN(CC(=O)N(C)C)CC1.I. The summed E-state index contributed by atoms with van der Waals surface area (Å²) in [6.07, 6.45) is 1.98. The zero-order valence-electron chi connectivity index (χ0n) is 16.9. The van der Waals surface area contributed by atoms with Crippen LogP contribution in [0.2, 0.25) is 0 Å². The molecule has 1 aliphatic rings. The summed E-state index contributed by atoms with van der Waals surface area (Å²) in [6, 6.07) is 9.99. The molecule has 8 heteroatoms. The van der Waals surface area contributed by atoms with Crippen molar-refractivity contribution in [2.45, 2.75) is 32.4 Å². The molecule has 1 aromatic rings. The third-order valence-electron chi connectivity index (χ3n) is 4.63. The summed E-state index contributed by atoms with van der Waals surface area (Å²) in [5.41, 5.74) is 1.73. The number of hydrogen-bond acceptors (Lipinski definition) is 4. The van der Waals surface area contributed by atoms with Crippen molar-refractivity contribution in [2.24, 2.45) is 4.99 Å². The fraction of sp³-hybridized carbons (Fsp3) is 0.550. The molecule has 1 saturated heterocycles. The van der Waals surface area contributed by atoms with Crippen LogP contribution >= 0.6 is 24.0 Å². The third-order valence-corrected chi connectivity index (χ3v) is 4.63. The van der Waals surface area contributed by atoms with Gasteiger partial charge in [-0.3, -0.25) is 9.69 Å². The number of piperidine rings is 1. The number of rotatable bonds is 6. The number of halogens is 1. The highest BCUT2D eigenvalue weighted by Gasteiger charge is 2.21. The molecule has 1 aromatic carbocycles. The van der Waals surface area contributed by atoms with Gasteiger partial charge in [0.25, 0.3) is 0 Å². The highest BCUT2D eigenvalue weighted by Crippen LogP contribution is 2.10. The van der Waals surface area contributed by atoms with Gasteiger partial charge in [0.15, 0.2) is 5.96 Å². The van der Waals surface area contributed by atoms with Crippen LogP contribution in [0.1, 0.15) is 30.9 Å². The van der Waals surface area contributed by atoms with E-state index in [4.69, 9.17) is 5.26 Å². The average molecular weight is 498 g/mol. The first-order valence-corrected chi connectivity index (χ1v) is 9.48. The molecule has 0 bridgehead atoms. The summed E-state index contributed by atoms with van der Waals surface area (Å²) in [5.74, 6) is 0.961. The predicted octanol–water partition coefficient (Wildman–Crippen LogP) is 1.78. The first-order chi connectivity index (χ1) is 13.0. The van der Waals surface area contributed by atoms with E-state index in [1.54, 1.807) is 19.0 Å². The highest BCUT2D eigenvalue weighted by molar-refractivity contribution is 14.0. The fourth-order valence-electron chi connectivity index (χ4n) is 2.94. The Labute approximate surface area is 185 Å². The number of likely N-dealkylation sites (N-methyl/N-ethyl adjacent to an activating group) is 1. The lowest BCUT2D eigenvalue weighted by molar-refractivity contribution is -0.130. The number of carbonyl (C=O) groups excluding carboxylic acids is 1. The molecule has 0 aromatic heterocycles. The first-order valence-electron chi connectivity index (χ1n) is 9.48. The van der Waals surface area contributed by atoms with Crippen molar-refractivity contribution in [1.29, 1.82) is 5.26 Å². The van der Waals surface area contributed by atoms with Gasteiger partial charge in [-0.25, -0.2) is 4.99 Å². The lowest BCUT2D eigenvalue weighted by Gasteiger charge is -2.33. The Morgan fingerprint density at radius 3 is 2.46 bits per heavy atom. The number of carbonyl (C=O) groups is 1. The topological polar surface area (TPSA) is 83.8 Å². The molecule has 0 unspecified atom stereocenters. The summed E-state index contributed by atoms with van der Waals surface area (Å²) >= 11 is 0. The van der Waals surface area contributed by atoms with E-state index in [9.17, 15) is 4.79 Å². The summed E-state index contributed by atoms with van der Waals surface area (Å²) in [7, 11) is 3.59. The number of nitrogens with one attached hydrogen (secondary N) is 2. The smallest absolute Gasteiger partial charge is 0.236 e. The van der Waals surface area contributed by atoms with Gasteiger partial charge in [0.05, 0.1) is 24.7 Å².